The quantitative estimate of drug-likeness (QED) is 0.799. The van der Waals surface area contributed by atoms with Gasteiger partial charge in [0.25, 0.3) is 0 Å². The van der Waals surface area contributed by atoms with Crippen molar-refractivity contribution >= 4 is 11.6 Å². The number of aromatic nitrogens is 1. The SMILES string of the molecule is Cc1ncccc1CNC1CCCC1Cl. The van der Waals surface area contributed by atoms with Crippen LogP contribution in [0.1, 0.15) is 30.5 Å². The Hall–Kier alpha value is -0.600. The zero-order chi connectivity index (χ0) is 10.7. The zero-order valence-corrected chi connectivity index (χ0v) is 9.80. The van der Waals surface area contributed by atoms with E-state index in [9.17, 15) is 0 Å². The highest BCUT2D eigenvalue weighted by Crippen LogP contribution is 2.24. The summed E-state index contributed by atoms with van der Waals surface area (Å²) in [6, 6.07) is 4.58. The van der Waals surface area contributed by atoms with Gasteiger partial charge in [0.05, 0.1) is 0 Å². The molecule has 2 atom stereocenters. The Kier molecular flexibility index (Phi) is 3.60. The van der Waals surface area contributed by atoms with Crippen molar-refractivity contribution in [3.8, 4) is 0 Å². The van der Waals surface area contributed by atoms with Crippen LogP contribution in [0.2, 0.25) is 0 Å². The number of nitrogens with one attached hydrogen (secondary N) is 1. The molecule has 2 nitrogen and oxygen atoms in total. The third-order valence-electron chi connectivity index (χ3n) is 3.10. The first-order valence-electron chi connectivity index (χ1n) is 5.55. The molecule has 1 aliphatic rings. The van der Waals surface area contributed by atoms with Crippen molar-refractivity contribution in [1.82, 2.24) is 10.3 Å². The van der Waals surface area contributed by atoms with Gasteiger partial charge in [0.1, 0.15) is 0 Å². The van der Waals surface area contributed by atoms with Crippen LogP contribution in [0.3, 0.4) is 0 Å². The Bertz CT molecular complexity index is 327. The molecule has 0 bridgehead atoms. The number of hydrogen-bond donors (Lipinski definition) is 1. The van der Waals surface area contributed by atoms with Crippen LogP contribution < -0.4 is 5.32 Å². The zero-order valence-electron chi connectivity index (χ0n) is 9.04. The number of alkyl halides is 1. The molecule has 1 aromatic heterocycles. The molecule has 82 valence electrons. The maximum atomic E-state index is 6.21. The van der Waals surface area contributed by atoms with E-state index >= 15 is 0 Å². The second-order valence-corrected chi connectivity index (χ2v) is 4.74. The van der Waals surface area contributed by atoms with Crippen molar-refractivity contribution < 1.29 is 0 Å². The molecule has 1 fully saturated rings. The van der Waals surface area contributed by atoms with Gasteiger partial charge >= 0.3 is 0 Å². The standard InChI is InChI=1S/C12H17ClN2/c1-9-10(4-3-7-14-9)8-15-12-6-2-5-11(12)13/h3-4,7,11-12,15H,2,5-6,8H2,1H3. The number of rotatable bonds is 3. The lowest BCUT2D eigenvalue weighted by molar-refractivity contribution is 0.527. The van der Waals surface area contributed by atoms with E-state index in [1.807, 2.05) is 19.2 Å². The lowest BCUT2D eigenvalue weighted by Crippen LogP contribution is -2.32. The van der Waals surface area contributed by atoms with Gasteiger partial charge in [0.15, 0.2) is 0 Å². The van der Waals surface area contributed by atoms with E-state index < -0.39 is 0 Å². The normalized spacial score (nSPS) is 25.7. The van der Waals surface area contributed by atoms with Crippen molar-refractivity contribution in [2.45, 2.75) is 44.1 Å². The molecule has 1 N–H and O–H groups in total. The Morgan fingerprint density at radius 1 is 1.53 bits per heavy atom. The summed E-state index contributed by atoms with van der Waals surface area (Å²) in [4.78, 5) is 4.27. The van der Waals surface area contributed by atoms with E-state index in [1.165, 1.54) is 18.4 Å². The summed E-state index contributed by atoms with van der Waals surface area (Å²) in [5.74, 6) is 0. The van der Waals surface area contributed by atoms with Gasteiger partial charge in [-0.2, -0.15) is 0 Å². The summed E-state index contributed by atoms with van der Waals surface area (Å²) in [7, 11) is 0. The van der Waals surface area contributed by atoms with Gasteiger partial charge in [0.2, 0.25) is 0 Å². The van der Waals surface area contributed by atoms with Crippen LogP contribution in [0.15, 0.2) is 18.3 Å². The van der Waals surface area contributed by atoms with E-state index in [0.717, 1.165) is 18.7 Å². The van der Waals surface area contributed by atoms with Gasteiger partial charge in [-0.1, -0.05) is 12.5 Å². The predicted molar refractivity (Wildman–Crippen MR) is 63.1 cm³/mol. The van der Waals surface area contributed by atoms with Crippen molar-refractivity contribution in [1.29, 1.82) is 0 Å². The molecule has 15 heavy (non-hydrogen) atoms. The minimum atomic E-state index is 0.307. The van der Waals surface area contributed by atoms with Crippen LogP contribution in [0.25, 0.3) is 0 Å². The maximum absolute atomic E-state index is 6.21. The number of aryl methyl sites for hydroxylation is 1. The van der Waals surface area contributed by atoms with Gasteiger partial charge in [-0.25, -0.2) is 0 Å². The highest BCUT2D eigenvalue weighted by atomic mass is 35.5. The first-order chi connectivity index (χ1) is 7.27. The van der Waals surface area contributed by atoms with Crippen LogP contribution in [0.4, 0.5) is 0 Å². The fraction of sp³-hybridized carbons (Fsp3) is 0.583. The number of halogens is 1. The molecule has 0 aromatic carbocycles. The van der Waals surface area contributed by atoms with Gasteiger partial charge in [0, 0.05) is 29.9 Å². The fourth-order valence-electron chi connectivity index (χ4n) is 2.09. The number of hydrogen-bond acceptors (Lipinski definition) is 2. The summed E-state index contributed by atoms with van der Waals surface area (Å²) in [5, 5.41) is 3.82. The highest BCUT2D eigenvalue weighted by Gasteiger charge is 2.24. The first-order valence-corrected chi connectivity index (χ1v) is 5.99. The second kappa shape index (κ2) is 4.95. The molecule has 0 amide bonds. The van der Waals surface area contributed by atoms with E-state index in [0.29, 0.717) is 11.4 Å². The van der Waals surface area contributed by atoms with Crippen LogP contribution in [0, 0.1) is 6.92 Å². The fourth-order valence-corrected chi connectivity index (χ4v) is 2.46. The van der Waals surface area contributed by atoms with E-state index in [1.54, 1.807) is 0 Å². The summed E-state index contributed by atoms with van der Waals surface area (Å²) in [6.07, 6.45) is 5.43. The Labute approximate surface area is 96.1 Å². The molecule has 0 spiro atoms. The molecule has 2 rings (SSSR count). The molecule has 1 saturated carbocycles. The molecule has 1 heterocycles. The molecule has 1 aromatic rings. The Balaban J connectivity index is 1.90. The van der Waals surface area contributed by atoms with Crippen LogP contribution >= 0.6 is 11.6 Å². The smallest absolute Gasteiger partial charge is 0.0489 e. The monoisotopic (exact) mass is 224 g/mol. The third-order valence-corrected chi connectivity index (χ3v) is 3.63. The van der Waals surface area contributed by atoms with Crippen LogP contribution in [-0.2, 0) is 6.54 Å². The van der Waals surface area contributed by atoms with Crippen molar-refractivity contribution in [3.05, 3.63) is 29.6 Å². The summed E-state index contributed by atoms with van der Waals surface area (Å²) in [5.41, 5.74) is 2.38. The average molecular weight is 225 g/mol. The third kappa shape index (κ3) is 2.70. The van der Waals surface area contributed by atoms with Crippen molar-refractivity contribution in [2.75, 3.05) is 0 Å². The Morgan fingerprint density at radius 2 is 2.40 bits per heavy atom. The van der Waals surface area contributed by atoms with Crippen molar-refractivity contribution in [3.63, 3.8) is 0 Å². The van der Waals surface area contributed by atoms with Crippen LogP contribution in [0.5, 0.6) is 0 Å². The predicted octanol–water partition coefficient (Wildman–Crippen LogP) is 2.64. The minimum absolute atomic E-state index is 0.307. The molecular formula is C12H17ClN2. The summed E-state index contributed by atoms with van der Waals surface area (Å²) < 4.78 is 0. The summed E-state index contributed by atoms with van der Waals surface area (Å²) >= 11 is 6.21. The lowest BCUT2D eigenvalue weighted by atomic mass is 10.2. The van der Waals surface area contributed by atoms with E-state index in [2.05, 4.69) is 16.4 Å². The first kappa shape index (κ1) is 10.9. The topological polar surface area (TPSA) is 24.9 Å². The average Bonchev–Trinajstić information content (AvgIpc) is 2.63. The molecule has 0 radical (unpaired) electrons. The highest BCUT2D eigenvalue weighted by molar-refractivity contribution is 6.21. The minimum Gasteiger partial charge on any atom is -0.308 e. The van der Waals surface area contributed by atoms with E-state index in [4.69, 9.17) is 11.6 Å². The van der Waals surface area contributed by atoms with Gasteiger partial charge in [-0.05, 0) is 31.4 Å². The maximum Gasteiger partial charge on any atom is 0.0489 e. The molecule has 0 aliphatic heterocycles. The Morgan fingerprint density at radius 3 is 3.07 bits per heavy atom. The van der Waals surface area contributed by atoms with Crippen molar-refractivity contribution in [2.24, 2.45) is 0 Å². The molecular weight excluding hydrogens is 208 g/mol. The lowest BCUT2D eigenvalue weighted by Gasteiger charge is -2.16. The van der Waals surface area contributed by atoms with Gasteiger partial charge in [-0.3, -0.25) is 4.98 Å². The van der Waals surface area contributed by atoms with Gasteiger partial charge < -0.3 is 5.32 Å². The molecule has 3 heteroatoms. The largest absolute Gasteiger partial charge is 0.308 e. The van der Waals surface area contributed by atoms with Gasteiger partial charge in [-0.15, -0.1) is 11.6 Å². The summed E-state index contributed by atoms with van der Waals surface area (Å²) in [6.45, 7) is 2.93. The molecule has 2 unspecified atom stereocenters. The number of nitrogens with zero attached hydrogens (tertiary/aromatic N) is 1. The van der Waals surface area contributed by atoms with Crippen LogP contribution in [-0.4, -0.2) is 16.4 Å². The van der Waals surface area contributed by atoms with E-state index in [-0.39, 0.29) is 0 Å². The molecule has 0 saturated heterocycles. The number of pyridine rings is 1. The second-order valence-electron chi connectivity index (χ2n) is 4.18. The molecule has 1 aliphatic carbocycles.